The number of Topliss-reactive ketones (excluding diaryl/α,β-unsaturated/α-hetero) is 2. The summed E-state index contributed by atoms with van der Waals surface area (Å²) in [6, 6.07) is 24.8. The molecule has 1 fully saturated rings. The van der Waals surface area contributed by atoms with Crippen molar-refractivity contribution in [2.24, 2.45) is 5.92 Å². The van der Waals surface area contributed by atoms with Crippen LogP contribution in [0.3, 0.4) is 0 Å². The monoisotopic (exact) mass is 575 g/mol. The Bertz CT molecular complexity index is 1850. The maximum Gasteiger partial charge on any atom is 0.270 e. The van der Waals surface area contributed by atoms with Gasteiger partial charge in [0.1, 0.15) is 11.5 Å². The van der Waals surface area contributed by atoms with Gasteiger partial charge in [0.2, 0.25) is 5.91 Å². The van der Waals surface area contributed by atoms with E-state index < -0.39 is 40.0 Å². The average molecular weight is 576 g/mol. The highest BCUT2D eigenvalue weighted by Crippen LogP contribution is 2.62. The third-order valence-corrected chi connectivity index (χ3v) is 8.84. The molecule has 3 aliphatic heterocycles. The number of halogens is 1. The van der Waals surface area contributed by atoms with Crippen molar-refractivity contribution >= 4 is 46.5 Å². The molecular weight excluding hydrogens is 554 g/mol. The molecule has 1 amide bonds. The molecule has 4 aromatic rings. The summed E-state index contributed by atoms with van der Waals surface area (Å²) in [6.07, 6.45) is 3.66. The highest BCUT2D eigenvalue weighted by molar-refractivity contribution is 6.30. The van der Waals surface area contributed by atoms with Crippen LogP contribution in [-0.4, -0.2) is 33.3 Å². The minimum absolute atomic E-state index is 0.0526. The molecule has 0 radical (unpaired) electrons. The van der Waals surface area contributed by atoms with Crippen LogP contribution in [0.4, 0.5) is 11.4 Å². The zero-order valence-electron chi connectivity index (χ0n) is 21.9. The van der Waals surface area contributed by atoms with Crippen LogP contribution in [0.1, 0.15) is 43.4 Å². The van der Waals surface area contributed by atoms with Gasteiger partial charge in [-0.3, -0.25) is 24.5 Å². The van der Waals surface area contributed by atoms with Crippen LogP contribution < -0.4 is 5.32 Å². The number of fused-ring (bicyclic) bond motifs is 6. The first-order valence-corrected chi connectivity index (χ1v) is 13.7. The normalized spacial score (nSPS) is 23.2. The van der Waals surface area contributed by atoms with Crippen LogP contribution >= 0.6 is 11.6 Å². The number of nitrogens with one attached hydrogen (secondary N) is 1. The lowest BCUT2D eigenvalue weighted by atomic mass is 9.62. The van der Waals surface area contributed by atoms with E-state index >= 15 is 0 Å². The number of ketones is 2. The molecule has 3 heterocycles. The van der Waals surface area contributed by atoms with Gasteiger partial charge in [-0.2, -0.15) is 0 Å². The number of amides is 1. The molecule has 0 unspecified atom stereocenters. The molecule has 1 spiro atoms. The van der Waals surface area contributed by atoms with E-state index in [1.165, 1.54) is 24.3 Å². The number of carbonyl (C=O) groups excluding carboxylic acids is 3. The van der Waals surface area contributed by atoms with Gasteiger partial charge in [0.15, 0.2) is 11.6 Å². The van der Waals surface area contributed by atoms with Crippen molar-refractivity contribution in [2.45, 2.75) is 17.5 Å². The first-order valence-electron chi connectivity index (χ1n) is 13.4. The summed E-state index contributed by atoms with van der Waals surface area (Å²) in [4.78, 5) is 56.6. The Morgan fingerprint density at radius 3 is 2.40 bits per heavy atom. The van der Waals surface area contributed by atoms with Gasteiger partial charge in [0.05, 0.1) is 16.9 Å². The number of carbonyl (C=O) groups is 3. The average Bonchev–Trinajstić information content (AvgIpc) is 3.49. The molecule has 4 aromatic carbocycles. The van der Waals surface area contributed by atoms with Gasteiger partial charge in [-0.05, 0) is 53.1 Å². The van der Waals surface area contributed by atoms with E-state index in [1.807, 2.05) is 41.3 Å². The topological polar surface area (TPSA) is 110 Å². The summed E-state index contributed by atoms with van der Waals surface area (Å²) >= 11 is 6.12. The summed E-state index contributed by atoms with van der Waals surface area (Å²) in [7, 11) is 0. The molecule has 9 heteroatoms. The second-order valence-corrected chi connectivity index (χ2v) is 11.1. The Morgan fingerprint density at radius 2 is 1.62 bits per heavy atom. The molecule has 0 aromatic heterocycles. The molecule has 7 rings (SSSR count). The van der Waals surface area contributed by atoms with Crippen LogP contribution in [0.25, 0.3) is 6.08 Å². The third kappa shape index (κ3) is 3.58. The second kappa shape index (κ2) is 9.49. The summed E-state index contributed by atoms with van der Waals surface area (Å²) in [5.74, 6) is -2.53. The van der Waals surface area contributed by atoms with Gasteiger partial charge in [-0.25, -0.2) is 0 Å². The predicted molar refractivity (Wildman–Crippen MR) is 157 cm³/mol. The number of anilines is 1. The summed E-state index contributed by atoms with van der Waals surface area (Å²) in [5, 5.41) is 15.1. The van der Waals surface area contributed by atoms with E-state index in [0.717, 1.165) is 11.1 Å². The fraction of sp³-hybridized carbons (Fsp3) is 0.121. The quantitative estimate of drug-likeness (QED) is 0.172. The van der Waals surface area contributed by atoms with E-state index in [2.05, 4.69) is 5.32 Å². The van der Waals surface area contributed by atoms with E-state index in [-0.39, 0.29) is 17.0 Å². The van der Waals surface area contributed by atoms with Crippen molar-refractivity contribution in [3.05, 3.63) is 146 Å². The third-order valence-electron chi connectivity index (χ3n) is 8.59. The van der Waals surface area contributed by atoms with Crippen molar-refractivity contribution in [1.82, 2.24) is 4.90 Å². The number of hydrogen-bond donors (Lipinski definition) is 1. The lowest BCUT2D eigenvalue weighted by Crippen LogP contribution is -2.49. The Kier molecular flexibility index (Phi) is 5.85. The zero-order valence-corrected chi connectivity index (χ0v) is 22.7. The van der Waals surface area contributed by atoms with Crippen molar-refractivity contribution in [3.8, 4) is 0 Å². The van der Waals surface area contributed by atoms with Crippen LogP contribution in [0, 0.1) is 16.0 Å². The number of nitrogens with zero attached hydrogens (tertiary/aromatic N) is 2. The predicted octanol–water partition coefficient (Wildman–Crippen LogP) is 6.23. The first kappa shape index (κ1) is 25.9. The fourth-order valence-electron chi connectivity index (χ4n) is 6.90. The van der Waals surface area contributed by atoms with Gasteiger partial charge in [-0.15, -0.1) is 0 Å². The minimum Gasteiger partial charge on any atom is -0.358 e. The largest absolute Gasteiger partial charge is 0.358 e. The van der Waals surface area contributed by atoms with Crippen LogP contribution in [0.15, 0.2) is 103 Å². The molecule has 42 heavy (non-hydrogen) atoms. The SMILES string of the molecule is O=C(c1ccc(Cl)cc1)[C@@H]1[C@H](C(=O)c2cccc([N+](=O)[O-])c2)[C@]2(C(=O)Nc3ccccc32)[C@@H]2c3ccccc3C=CN12. The number of non-ortho nitro benzene ring substituents is 1. The Labute approximate surface area is 245 Å². The second-order valence-electron chi connectivity index (χ2n) is 10.6. The van der Waals surface area contributed by atoms with Gasteiger partial charge < -0.3 is 10.2 Å². The van der Waals surface area contributed by atoms with Gasteiger partial charge in [0, 0.05) is 40.2 Å². The van der Waals surface area contributed by atoms with Crippen molar-refractivity contribution < 1.29 is 19.3 Å². The molecule has 4 atom stereocenters. The summed E-state index contributed by atoms with van der Waals surface area (Å²) in [6.45, 7) is 0. The van der Waals surface area contributed by atoms with Gasteiger partial charge >= 0.3 is 0 Å². The minimum atomic E-state index is -1.52. The molecule has 0 bridgehead atoms. The molecular formula is C33H22ClN3O5. The Balaban J connectivity index is 1.53. The maximum atomic E-state index is 14.8. The number of hydrogen-bond acceptors (Lipinski definition) is 6. The standard InChI is InChI=1S/C33H22ClN3O5/c34-22-14-12-20(13-15-22)30(39)28-27(29(38)21-7-5-8-23(18-21)37(41)42)33(25-10-3-4-11-26(25)35-32(33)40)31-24-9-2-1-6-19(24)16-17-36(28)31/h1-18,27-28,31H,(H,35,40)/t27-,28+,31+,33+/m1/s1. The van der Waals surface area contributed by atoms with Crippen LogP contribution in [0.2, 0.25) is 5.02 Å². The molecule has 1 saturated heterocycles. The Morgan fingerprint density at radius 1 is 0.881 bits per heavy atom. The lowest BCUT2D eigenvalue weighted by Gasteiger charge is -2.38. The molecule has 0 aliphatic carbocycles. The first-order chi connectivity index (χ1) is 20.3. The van der Waals surface area contributed by atoms with Gasteiger partial charge in [-0.1, -0.05) is 66.2 Å². The molecule has 1 N–H and O–H groups in total. The smallest absolute Gasteiger partial charge is 0.270 e. The van der Waals surface area contributed by atoms with Gasteiger partial charge in [0.25, 0.3) is 5.69 Å². The highest BCUT2D eigenvalue weighted by atomic mass is 35.5. The molecule has 8 nitrogen and oxygen atoms in total. The molecule has 3 aliphatic rings. The van der Waals surface area contributed by atoms with Crippen LogP contribution in [0.5, 0.6) is 0 Å². The number of nitro groups is 1. The molecule has 206 valence electrons. The number of benzene rings is 4. The van der Waals surface area contributed by atoms with Crippen molar-refractivity contribution in [2.75, 3.05) is 5.32 Å². The maximum absolute atomic E-state index is 14.8. The van der Waals surface area contributed by atoms with E-state index in [0.29, 0.717) is 21.8 Å². The summed E-state index contributed by atoms with van der Waals surface area (Å²) in [5.41, 5.74) is 1.44. The lowest BCUT2D eigenvalue weighted by molar-refractivity contribution is -0.384. The highest BCUT2D eigenvalue weighted by Gasteiger charge is 2.70. The zero-order chi connectivity index (χ0) is 29.2. The number of rotatable bonds is 5. The molecule has 0 saturated carbocycles. The van der Waals surface area contributed by atoms with Crippen molar-refractivity contribution in [1.29, 1.82) is 0 Å². The van der Waals surface area contributed by atoms with E-state index in [1.54, 1.807) is 48.7 Å². The summed E-state index contributed by atoms with van der Waals surface area (Å²) < 4.78 is 0. The number of nitro benzene ring substituents is 1. The van der Waals surface area contributed by atoms with Crippen LogP contribution in [-0.2, 0) is 10.2 Å². The van der Waals surface area contributed by atoms with E-state index in [4.69, 9.17) is 11.6 Å². The van der Waals surface area contributed by atoms with E-state index in [9.17, 15) is 24.5 Å². The fourth-order valence-corrected chi connectivity index (χ4v) is 7.03. The van der Waals surface area contributed by atoms with Crippen molar-refractivity contribution in [3.63, 3.8) is 0 Å². The number of para-hydroxylation sites is 1. The Hall–Kier alpha value is -5.08.